The van der Waals surface area contributed by atoms with Gasteiger partial charge in [-0.15, -0.1) is 0 Å². The molecule has 0 atom stereocenters. The van der Waals surface area contributed by atoms with Gasteiger partial charge in [-0.25, -0.2) is 0 Å². The van der Waals surface area contributed by atoms with Crippen LogP contribution < -0.4 is 10.2 Å². The van der Waals surface area contributed by atoms with E-state index >= 15 is 0 Å². The van der Waals surface area contributed by atoms with Crippen LogP contribution in [0.4, 0.5) is 11.4 Å². The molecule has 1 fully saturated rings. The van der Waals surface area contributed by atoms with E-state index in [1.54, 1.807) is 30.3 Å². The second-order valence-electron chi connectivity index (χ2n) is 6.05. The molecular weight excluding hydrogens is 348 g/mol. The third-order valence-electron chi connectivity index (χ3n) is 4.32. The van der Waals surface area contributed by atoms with E-state index in [0.29, 0.717) is 37.6 Å². The molecule has 0 aliphatic carbocycles. The van der Waals surface area contributed by atoms with Crippen molar-refractivity contribution in [2.24, 2.45) is 0 Å². The molecule has 0 unspecified atom stereocenters. The summed E-state index contributed by atoms with van der Waals surface area (Å²) in [7, 11) is 0. The number of nitro benzene ring substituents is 1. The zero-order valence-corrected chi connectivity index (χ0v) is 14.6. The first-order valence-electron chi connectivity index (χ1n) is 8.47. The van der Waals surface area contributed by atoms with Gasteiger partial charge in [-0.1, -0.05) is 12.1 Å². The average molecular weight is 366 g/mol. The summed E-state index contributed by atoms with van der Waals surface area (Å²) in [5.41, 5.74) is 2.16. The number of morpholine rings is 1. The molecule has 1 saturated heterocycles. The number of rotatable bonds is 5. The van der Waals surface area contributed by atoms with Gasteiger partial charge in [0.25, 0.3) is 11.6 Å². The first-order chi connectivity index (χ1) is 13.1. The number of nitrogens with zero attached hydrogens (tertiary/aromatic N) is 3. The molecule has 1 N–H and O–H groups in total. The number of anilines is 1. The molecule has 8 nitrogen and oxygen atoms in total. The Balaban J connectivity index is 1.81. The van der Waals surface area contributed by atoms with Crippen LogP contribution in [0.2, 0.25) is 0 Å². The normalized spacial score (nSPS) is 13.7. The van der Waals surface area contributed by atoms with Crippen LogP contribution in [-0.2, 0) is 11.3 Å². The highest BCUT2D eigenvalue weighted by Crippen LogP contribution is 2.26. The number of carbonyl (C=O) groups excluding carboxylic acids is 1. The Morgan fingerprint density at radius 1 is 1.22 bits per heavy atom. The highest BCUT2D eigenvalue weighted by atomic mass is 16.6. The highest BCUT2D eigenvalue weighted by molar-refractivity contribution is 6.00. The molecule has 1 amide bonds. The summed E-state index contributed by atoms with van der Waals surface area (Å²) in [4.78, 5) is 25.3. The van der Waals surface area contributed by atoms with E-state index in [4.69, 9.17) is 10.00 Å². The first kappa shape index (κ1) is 18.4. The van der Waals surface area contributed by atoms with Crippen LogP contribution in [0.5, 0.6) is 0 Å². The van der Waals surface area contributed by atoms with Crippen LogP contribution in [0.1, 0.15) is 21.5 Å². The van der Waals surface area contributed by atoms with Crippen LogP contribution in [0.25, 0.3) is 0 Å². The van der Waals surface area contributed by atoms with E-state index in [1.807, 2.05) is 11.0 Å². The number of benzene rings is 2. The zero-order valence-electron chi connectivity index (χ0n) is 14.6. The molecule has 1 aliphatic rings. The molecule has 27 heavy (non-hydrogen) atoms. The highest BCUT2D eigenvalue weighted by Gasteiger charge is 2.22. The van der Waals surface area contributed by atoms with Gasteiger partial charge in [0.1, 0.15) is 0 Å². The first-order valence-corrected chi connectivity index (χ1v) is 8.47. The van der Waals surface area contributed by atoms with E-state index in [2.05, 4.69) is 5.32 Å². The van der Waals surface area contributed by atoms with Gasteiger partial charge in [0.15, 0.2) is 0 Å². The van der Waals surface area contributed by atoms with E-state index < -0.39 is 4.92 Å². The van der Waals surface area contributed by atoms with Crippen LogP contribution in [0.3, 0.4) is 0 Å². The van der Waals surface area contributed by atoms with E-state index in [0.717, 1.165) is 5.56 Å². The number of ether oxygens (including phenoxy) is 1. The van der Waals surface area contributed by atoms with Crippen LogP contribution in [-0.4, -0.2) is 37.1 Å². The number of amides is 1. The lowest BCUT2D eigenvalue weighted by molar-refractivity contribution is -0.384. The van der Waals surface area contributed by atoms with E-state index in [1.165, 1.54) is 12.1 Å². The SMILES string of the molecule is N#Cc1ccc(CNC(=O)c2cc([N+](=O)[O-])ccc2N2CCOCC2)cc1. The number of nitrogens with one attached hydrogen (secondary N) is 1. The van der Waals surface area contributed by atoms with E-state index in [9.17, 15) is 14.9 Å². The van der Waals surface area contributed by atoms with Crippen LogP contribution >= 0.6 is 0 Å². The van der Waals surface area contributed by atoms with Crippen molar-refractivity contribution in [2.45, 2.75) is 6.54 Å². The smallest absolute Gasteiger partial charge is 0.270 e. The number of hydrogen-bond donors (Lipinski definition) is 1. The maximum absolute atomic E-state index is 12.7. The number of nitriles is 1. The Hall–Kier alpha value is -3.44. The van der Waals surface area contributed by atoms with Gasteiger partial charge < -0.3 is 15.0 Å². The summed E-state index contributed by atoms with van der Waals surface area (Å²) < 4.78 is 5.33. The molecule has 0 spiro atoms. The average Bonchev–Trinajstić information content (AvgIpc) is 2.72. The standard InChI is InChI=1S/C19H18N4O4/c20-12-14-1-3-15(4-2-14)13-21-19(24)17-11-16(23(25)26)5-6-18(17)22-7-9-27-10-8-22/h1-6,11H,7-10,13H2,(H,21,24). The topological polar surface area (TPSA) is 108 Å². The molecule has 3 rings (SSSR count). The summed E-state index contributed by atoms with van der Waals surface area (Å²) in [5, 5.41) is 22.7. The van der Waals surface area contributed by atoms with Gasteiger partial charge in [-0.3, -0.25) is 14.9 Å². The molecule has 0 aromatic heterocycles. The molecule has 2 aromatic carbocycles. The molecule has 138 valence electrons. The number of nitro groups is 1. The van der Waals surface area contributed by atoms with Crippen LogP contribution in [0, 0.1) is 21.4 Å². The predicted molar refractivity (Wildman–Crippen MR) is 98.5 cm³/mol. The fourth-order valence-corrected chi connectivity index (χ4v) is 2.87. The molecule has 1 heterocycles. The Morgan fingerprint density at radius 3 is 2.56 bits per heavy atom. The fourth-order valence-electron chi connectivity index (χ4n) is 2.87. The van der Waals surface area contributed by atoms with Gasteiger partial charge in [-0.05, 0) is 23.8 Å². The van der Waals surface area contributed by atoms with Crippen molar-refractivity contribution in [3.8, 4) is 6.07 Å². The van der Waals surface area contributed by atoms with Gasteiger partial charge in [-0.2, -0.15) is 5.26 Å². The minimum atomic E-state index is -0.513. The Bertz CT molecular complexity index is 884. The zero-order chi connectivity index (χ0) is 19.2. The molecule has 2 aromatic rings. The quantitative estimate of drug-likeness (QED) is 0.642. The van der Waals surface area contributed by atoms with Gasteiger partial charge in [0, 0.05) is 31.8 Å². The van der Waals surface area contributed by atoms with Crippen molar-refractivity contribution in [3.05, 3.63) is 69.3 Å². The van der Waals surface area contributed by atoms with Crippen LogP contribution in [0.15, 0.2) is 42.5 Å². The van der Waals surface area contributed by atoms with Crippen molar-refractivity contribution >= 4 is 17.3 Å². The second-order valence-corrected chi connectivity index (χ2v) is 6.05. The molecule has 8 heteroatoms. The van der Waals surface area contributed by atoms with Crippen molar-refractivity contribution in [2.75, 3.05) is 31.2 Å². The lowest BCUT2D eigenvalue weighted by Gasteiger charge is -2.30. The monoisotopic (exact) mass is 366 g/mol. The molecule has 1 aliphatic heterocycles. The third-order valence-corrected chi connectivity index (χ3v) is 4.32. The van der Waals surface area contributed by atoms with Gasteiger partial charge >= 0.3 is 0 Å². The molecular formula is C19H18N4O4. The number of non-ortho nitro benzene ring substituents is 1. The summed E-state index contributed by atoms with van der Waals surface area (Å²) in [6, 6.07) is 13.2. The van der Waals surface area contributed by atoms with Crippen molar-refractivity contribution in [3.63, 3.8) is 0 Å². The molecule has 0 saturated carbocycles. The largest absolute Gasteiger partial charge is 0.378 e. The predicted octanol–water partition coefficient (Wildman–Crippen LogP) is 2.23. The van der Waals surface area contributed by atoms with Crippen molar-refractivity contribution in [1.82, 2.24) is 5.32 Å². The number of carbonyl (C=O) groups is 1. The minimum absolute atomic E-state index is 0.129. The summed E-state index contributed by atoms with van der Waals surface area (Å²) in [5.74, 6) is -0.385. The van der Waals surface area contributed by atoms with E-state index in [-0.39, 0.29) is 23.7 Å². The number of hydrogen-bond acceptors (Lipinski definition) is 6. The fraction of sp³-hybridized carbons (Fsp3) is 0.263. The van der Waals surface area contributed by atoms with Gasteiger partial charge in [0.05, 0.1) is 41.0 Å². The Morgan fingerprint density at radius 2 is 1.93 bits per heavy atom. The molecule has 0 bridgehead atoms. The second kappa shape index (κ2) is 8.29. The molecule has 0 radical (unpaired) electrons. The summed E-state index contributed by atoms with van der Waals surface area (Å²) in [6.45, 7) is 2.59. The maximum Gasteiger partial charge on any atom is 0.270 e. The summed E-state index contributed by atoms with van der Waals surface area (Å²) in [6.07, 6.45) is 0. The lowest BCUT2D eigenvalue weighted by atomic mass is 10.1. The third kappa shape index (κ3) is 4.40. The minimum Gasteiger partial charge on any atom is -0.378 e. The Kier molecular flexibility index (Phi) is 5.64. The van der Waals surface area contributed by atoms with Gasteiger partial charge in [0.2, 0.25) is 0 Å². The maximum atomic E-state index is 12.7. The van der Waals surface area contributed by atoms with Crippen molar-refractivity contribution < 1.29 is 14.5 Å². The Labute approximate surface area is 156 Å². The lowest BCUT2D eigenvalue weighted by Crippen LogP contribution is -2.38. The summed E-state index contributed by atoms with van der Waals surface area (Å²) >= 11 is 0. The van der Waals surface area contributed by atoms with Crippen molar-refractivity contribution in [1.29, 1.82) is 5.26 Å².